The smallest absolute Gasteiger partial charge is 0.0655 e. The third kappa shape index (κ3) is 2.48. The minimum atomic E-state index is 0.185. The maximum Gasteiger partial charge on any atom is 0.0655 e. The van der Waals surface area contributed by atoms with Crippen LogP contribution in [0.1, 0.15) is 53.4 Å². The maximum absolute atomic E-state index is 5.92. The predicted octanol–water partition coefficient (Wildman–Crippen LogP) is 3.38. The van der Waals surface area contributed by atoms with Crippen LogP contribution in [0.4, 0.5) is 0 Å². The summed E-state index contributed by atoms with van der Waals surface area (Å²) in [6.07, 6.45) is 4.98. The van der Waals surface area contributed by atoms with E-state index in [2.05, 4.69) is 27.7 Å². The van der Waals surface area contributed by atoms with E-state index in [9.17, 15) is 0 Å². The van der Waals surface area contributed by atoms with Crippen LogP contribution in [-0.2, 0) is 4.74 Å². The molecule has 0 aromatic rings. The first kappa shape index (κ1) is 10.0. The molecule has 0 bridgehead atoms. The molecule has 1 heterocycles. The summed E-state index contributed by atoms with van der Waals surface area (Å²) in [4.78, 5) is 0. The molecular formula is C11H22O. The zero-order valence-corrected chi connectivity index (χ0v) is 8.94. The van der Waals surface area contributed by atoms with Crippen molar-refractivity contribution < 1.29 is 4.74 Å². The highest BCUT2D eigenvalue weighted by Gasteiger charge is 2.34. The molecule has 12 heavy (non-hydrogen) atoms. The molecule has 1 heteroatoms. The topological polar surface area (TPSA) is 9.23 Å². The van der Waals surface area contributed by atoms with Crippen LogP contribution in [0.15, 0.2) is 0 Å². The molecular weight excluding hydrogens is 148 g/mol. The maximum atomic E-state index is 5.92. The molecule has 1 fully saturated rings. The summed E-state index contributed by atoms with van der Waals surface area (Å²) in [5.74, 6) is 0. The predicted molar refractivity (Wildman–Crippen MR) is 52.3 cm³/mol. The van der Waals surface area contributed by atoms with Crippen LogP contribution in [-0.4, -0.2) is 12.2 Å². The summed E-state index contributed by atoms with van der Waals surface area (Å²) in [5.41, 5.74) is 0.595. The van der Waals surface area contributed by atoms with Gasteiger partial charge in [-0.1, -0.05) is 27.2 Å². The largest absolute Gasteiger partial charge is 0.375 e. The lowest BCUT2D eigenvalue weighted by Crippen LogP contribution is -2.40. The second kappa shape index (κ2) is 3.37. The Morgan fingerprint density at radius 2 is 1.83 bits per heavy atom. The Hall–Kier alpha value is -0.0400. The molecule has 0 aromatic carbocycles. The fraction of sp³-hybridized carbons (Fsp3) is 1.00. The van der Waals surface area contributed by atoms with Gasteiger partial charge in [-0.2, -0.15) is 0 Å². The van der Waals surface area contributed by atoms with Crippen molar-refractivity contribution in [3.05, 3.63) is 0 Å². The van der Waals surface area contributed by atoms with Gasteiger partial charge >= 0.3 is 0 Å². The Labute approximate surface area is 76.5 Å². The molecule has 0 aromatic heterocycles. The quantitative estimate of drug-likeness (QED) is 0.617. The van der Waals surface area contributed by atoms with E-state index in [1.165, 1.54) is 25.7 Å². The minimum Gasteiger partial charge on any atom is -0.375 e. The van der Waals surface area contributed by atoms with Crippen molar-refractivity contribution in [2.45, 2.75) is 59.0 Å². The Morgan fingerprint density at radius 3 is 2.25 bits per heavy atom. The summed E-state index contributed by atoms with van der Waals surface area (Å²) < 4.78 is 5.92. The lowest BCUT2D eigenvalue weighted by Gasteiger charge is -2.41. The second-order valence-corrected chi connectivity index (χ2v) is 5.15. The van der Waals surface area contributed by atoms with Gasteiger partial charge in [-0.3, -0.25) is 0 Å². The molecule has 0 saturated carbocycles. The highest BCUT2D eigenvalue weighted by Crippen LogP contribution is 2.37. The number of rotatable bonds is 2. The van der Waals surface area contributed by atoms with Crippen LogP contribution in [0, 0.1) is 5.41 Å². The molecule has 0 spiro atoms. The summed E-state index contributed by atoms with van der Waals surface area (Å²) in [6, 6.07) is 0. The van der Waals surface area contributed by atoms with E-state index in [4.69, 9.17) is 4.74 Å². The first-order valence-electron chi connectivity index (χ1n) is 5.11. The fourth-order valence-corrected chi connectivity index (χ4v) is 1.84. The molecule has 0 amide bonds. The third-order valence-electron chi connectivity index (χ3n) is 2.92. The lowest BCUT2D eigenvalue weighted by molar-refractivity contribution is -0.117. The van der Waals surface area contributed by atoms with E-state index in [-0.39, 0.29) is 5.60 Å². The van der Waals surface area contributed by atoms with Gasteiger partial charge in [0.25, 0.3) is 0 Å². The first-order valence-corrected chi connectivity index (χ1v) is 5.11. The summed E-state index contributed by atoms with van der Waals surface area (Å²) in [6.45, 7) is 10.0. The minimum absolute atomic E-state index is 0.185. The monoisotopic (exact) mass is 170 g/mol. The van der Waals surface area contributed by atoms with Gasteiger partial charge in [0.15, 0.2) is 0 Å². The first-order chi connectivity index (χ1) is 5.47. The Kier molecular flexibility index (Phi) is 2.82. The molecule has 1 aliphatic heterocycles. The average molecular weight is 170 g/mol. The normalized spacial score (nSPS) is 35.0. The number of ether oxygens (including phenoxy) is 1. The molecule has 0 N–H and O–H groups in total. The molecule has 1 aliphatic rings. The van der Waals surface area contributed by atoms with Gasteiger partial charge < -0.3 is 4.74 Å². The van der Waals surface area contributed by atoms with Gasteiger partial charge in [-0.05, 0) is 31.6 Å². The average Bonchev–Trinajstić information content (AvgIpc) is 1.98. The zero-order chi connectivity index (χ0) is 9.24. The van der Waals surface area contributed by atoms with Crippen molar-refractivity contribution in [1.82, 2.24) is 0 Å². The van der Waals surface area contributed by atoms with Crippen molar-refractivity contribution in [2.75, 3.05) is 6.61 Å². The van der Waals surface area contributed by atoms with E-state index < -0.39 is 0 Å². The van der Waals surface area contributed by atoms with E-state index in [1.807, 2.05) is 0 Å². The van der Waals surface area contributed by atoms with Gasteiger partial charge in [0, 0.05) is 0 Å². The van der Waals surface area contributed by atoms with Gasteiger partial charge in [0.2, 0.25) is 0 Å². The van der Waals surface area contributed by atoms with Crippen molar-refractivity contribution >= 4 is 0 Å². The van der Waals surface area contributed by atoms with Gasteiger partial charge in [0.05, 0.1) is 12.2 Å². The third-order valence-corrected chi connectivity index (χ3v) is 2.92. The highest BCUT2D eigenvalue weighted by atomic mass is 16.5. The van der Waals surface area contributed by atoms with Crippen molar-refractivity contribution in [3.8, 4) is 0 Å². The van der Waals surface area contributed by atoms with Crippen LogP contribution in [0.2, 0.25) is 0 Å². The Balaban J connectivity index is 2.44. The van der Waals surface area contributed by atoms with Gasteiger partial charge in [-0.25, -0.2) is 0 Å². The van der Waals surface area contributed by atoms with Crippen molar-refractivity contribution in [3.63, 3.8) is 0 Å². The van der Waals surface area contributed by atoms with E-state index in [1.54, 1.807) is 0 Å². The van der Waals surface area contributed by atoms with Crippen LogP contribution < -0.4 is 0 Å². The highest BCUT2D eigenvalue weighted by molar-refractivity contribution is 4.84. The summed E-state index contributed by atoms with van der Waals surface area (Å²) >= 11 is 0. The Morgan fingerprint density at radius 1 is 1.17 bits per heavy atom. The van der Waals surface area contributed by atoms with E-state index >= 15 is 0 Å². The van der Waals surface area contributed by atoms with Crippen molar-refractivity contribution in [1.29, 1.82) is 0 Å². The molecule has 1 saturated heterocycles. The van der Waals surface area contributed by atoms with Gasteiger partial charge in [-0.15, -0.1) is 0 Å². The lowest BCUT2D eigenvalue weighted by atomic mass is 9.79. The molecule has 1 atom stereocenters. The Bertz CT molecular complexity index is 139. The van der Waals surface area contributed by atoms with Crippen LogP contribution in [0.5, 0.6) is 0 Å². The standard InChI is InChI=1S/C11H22O/c1-5-6-11(4)8-7-10(2,3)9-12-11/h5-9H2,1-4H3. The van der Waals surface area contributed by atoms with Gasteiger partial charge in [0.1, 0.15) is 0 Å². The summed E-state index contributed by atoms with van der Waals surface area (Å²) in [5, 5.41) is 0. The molecule has 0 aliphatic carbocycles. The molecule has 1 rings (SSSR count). The molecule has 0 radical (unpaired) electrons. The van der Waals surface area contributed by atoms with Crippen LogP contribution >= 0.6 is 0 Å². The number of hydrogen-bond acceptors (Lipinski definition) is 1. The van der Waals surface area contributed by atoms with Crippen molar-refractivity contribution in [2.24, 2.45) is 5.41 Å². The number of hydrogen-bond donors (Lipinski definition) is 0. The fourth-order valence-electron chi connectivity index (χ4n) is 1.84. The van der Waals surface area contributed by atoms with E-state index in [0.717, 1.165) is 6.61 Å². The molecule has 1 nitrogen and oxygen atoms in total. The SMILES string of the molecule is CCCC1(C)CCC(C)(C)CO1. The van der Waals surface area contributed by atoms with E-state index in [0.29, 0.717) is 5.41 Å². The zero-order valence-electron chi connectivity index (χ0n) is 8.94. The second-order valence-electron chi connectivity index (χ2n) is 5.15. The summed E-state index contributed by atoms with van der Waals surface area (Å²) in [7, 11) is 0. The molecule has 1 unspecified atom stereocenters. The molecule has 72 valence electrons. The van der Waals surface area contributed by atoms with Crippen LogP contribution in [0.25, 0.3) is 0 Å². The van der Waals surface area contributed by atoms with Crippen LogP contribution in [0.3, 0.4) is 0 Å².